The van der Waals surface area contributed by atoms with Crippen LogP contribution in [0.3, 0.4) is 0 Å². The third kappa shape index (κ3) is 4.09. The first-order valence-corrected chi connectivity index (χ1v) is 10.6. The lowest BCUT2D eigenvalue weighted by molar-refractivity contribution is -0.124. The molecule has 3 rings (SSSR count). The van der Waals surface area contributed by atoms with E-state index in [4.69, 9.17) is 11.6 Å². The number of nitrogens with one attached hydrogen (secondary N) is 2. The molecule has 0 radical (unpaired) electrons. The van der Waals surface area contributed by atoms with Gasteiger partial charge in [0, 0.05) is 11.3 Å². The summed E-state index contributed by atoms with van der Waals surface area (Å²) in [6.45, 7) is 1.24. The van der Waals surface area contributed by atoms with Gasteiger partial charge in [0.2, 0.25) is 5.91 Å². The highest BCUT2D eigenvalue weighted by molar-refractivity contribution is 7.92. The standard InChI is InChI=1S/C15H18ClN3O3S2.ClH/c1-24(21,22)15(4-6-17-7-5-15)14(20)18-9-13-19-11-8-10(16)2-3-12(11)23-13;/h2-3,8,17H,4-7,9H2,1H3,(H,18,20);1H. The van der Waals surface area contributed by atoms with Gasteiger partial charge in [0.1, 0.15) is 5.01 Å². The van der Waals surface area contributed by atoms with Crippen LogP contribution in [0.15, 0.2) is 18.2 Å². The predicted molar refractivity (Wildman–Crippen MR) is 103 cm³/mol. The molecule has 0 bridgehead atoms. The molecule has 1 aliphatic rings. The molecule has 1 saturated heterocycles. The highest BCUT2D eigenvalue weighted by Crippen LogP contribution is 2.29. The largest absolute Gasteiger partial charge is 0.348 e. The number of carbonyl (C=O) groups excluding carboxylic acids is 1. The van der Waals surface area contributed by atoms with Crippen LogP contribution < -0.4 is 10.6 Å². The van der Waals surface area contributed by atoms with Crippen LogP contribution in [-0.4, -0.2) is 43.4 Å². The number of hydrogen-bond acceptors (Lipinski definition) is 6. The zero-order chi connectivity index (χ0) is 17.4. The van der Waals surface area contributed by atoms with Crippen molar-refractivity contribution in [3.63, 3.8) is 0 Å². The van der Waals surface area contributed by atoms with Crippen LogP contribution in [0.5, 0.6) is 0 Å². The molecule has 0 saturated carbocycles. The summed E-state index contributed by atoms with van der Waals surface area (Å²) in [6.07, 6.45) is 1.71. The Labute approximate surface area is 161 Å². The van der Waals surface area contributed by atoms with Crippen LogP contribution in [0, 0.1) is 0 Å². The number of carbonyl (C=O) groups is 1. The number of sulfone groups is 1. The van der Waals surface area contributed by atoms with Crippen molar-refractivity contribution < 1.29 is 13.2 Å². The molecule has 0 spiro atoms. The molecule has 0 unspecified atom stereocenters. The van der Waals surface area contributed by atoms with Crippen LogP contribution >= 0.6 is 35.3 Å². The molecule has 1 aromatic heterocycles. The lowest BCUT2D eigenvalue weighted by Gasteiger charge is -2.34. The molecule has 1 aromatic carbocycles. The first kappa shape index (κ1) is 20.4. The van der Waals surface area contributed by atoms with E-state index in [1.807, 2.05) is 6.07 Å². The third-order valence-corrected chi connectivity index (χ3v) is 7.61. The summed E-state index contributed by atoms with van der Waals surface area (Å²) in [5.41, 5.74) is 0.774. The number of fused-ring (bicyclic) bond motifs is 1. The van der Waals surface area contributed by atoms with Crippen LogP contribution in [0.4, 0.5) is 0 Å². The Morgan fingerprint density at radius 2 is 2.08 bits per heavy atom. The van der Waals surface area contributed by atoms with Crippen molar-refractivity contribution in [2.75, 3.05) is 19.3 Å². The van der Waals surface area contributed by atoms with Crippen LogP contribution in [-0.2, 0) is 21.2 Å². The van der Waals surface area contributed by atoms with E-state index in [9.17, 15) is 13.2 Å². The fourth-order valence-electron chi connectivity index (χ4n) is 2.94. The second-order valence-corrected chi connectivity index (χ2v) is 9.80. The summed E-state index contributed by atoms with van der Waals surface area (Å²) >= 11 is 7.40. The summed E-state index contributed by atoms with van der Waals surface area (Å²) in [7, 11) is -3.51. The Balaban J connectivity index is 0.00000225. The first-order chi connectivity index (χ1) is 11.3. The SMILES string of the molecule is CS(=O)(=O)C1(C(=O)NCc2nc3cc(Cl)ccc3s2)CCNCC1.Cl. The van der Waals surface area contributed by atoms with Gasteiger partial charge >= 0.3 is 0 Å². The number of halogens is 2. The Morgan fingerprint density at radius 1 is 1.40 bits per heavy atom. The summed E-state index contributed by atoms with van der Waals surface area (Å²) in [4.78, 5) is 17.1. The van der Waals surface area contributed by atoms with Crippen molar-refractivity contribution in [3.05, 3.63) is 28.2 Å². The third-order valence-electron chi connectivity index (χ3n) is 4.33. The van der Waals surface area contributed by atoms with Crippen LogP contribution in [0.2, 0.25) is 5.02 Å². The van der Waals surface area contributed by atoms with E-state index >= 15 is 0 Å². The molecule has 1 amide bonds. The van der Waals surface area contributed by atoms with Crippen molar-refractivity contribution in [1.82, 2.24) is 15.6 Å². The van der Waals surface area contributed by atoms with Crippen molar-refractivity contribution in [2.24, 2.45) is 0 Å². The van der Waals surface area contributed by atoms with Crippen molar-refractivity contribution >= 4 is 61.3 Å². The first-order valence-electron chi connectivity index (χ1n) is 7.55. The van der Waals surface area contributed by atoms with E-state index in [0.29, 0.717) is 18.1 Å². The van der Waals surface area contributed by atoms with Crippen LogP contribution in [0.25, 0.3) is 10.2 Å². The number of aromatic nitrogens is 1. The Bertz CT molecular complexity index is 877. The maximum absolute atomic E-state index is 12.6. The van der Waals surface area contributed by atoms with Gasteiger partial charge in [-0.05, 0) is 44.1 Å². The van der Waals surface area contributed by atoms with Gasteiger partial charge in [0.05, 0.1) is 16.8 Å². The molecule has 10 heteroatoms. The fraction of sp³-hybridized carbons (Fsp3) is 0.467. The van der Waals surface area contributed by atoms with E-state index in [-0.39, 0.29) is 31.8 Å². The number of piperidine rings is 1. The quantitative estimate of drug-likeness (QED) is 0.786. The average Bonchev–Trinajstić information content (AvgIpc) is 2.94. The number of rotatable bonds is 4. The molecule has 2 N–H and O–H groups in total. The summed E-state index contributed by atoms with van der Waals surface area (Å²) in [5.74, 6) is -0.441. The number of thiazole rings is 1. The lowest BCUT2D eigenvalue weighted by atomic mass is 9.96. The predicted octanol–water partition coefficient (Wildman–Crippen LogP) is 2.15. The zero-order valence-corrected chi connectivity index (χ0v) is 16.7. The molecule has 6 nitrogen and oxygen atoms in total. The molecule has 2 aromatic rings. The van der Waals surface area contributed by atoms with E-state index in [1.54, 1.807) is 12.1 Å². The smallest absolute Gasteiger partial charge is 0.241 e. The highest BCUT2D eigenvalue weighted by Gasteiger charge is 2.48. The second-order valence-electron chi connectivity index (χ2n) is 5.92. The molecular weight excluding hydrogens is 405 g/mol. The number of benzene rings is 1. The van der Waals surface area contributed by atoms with Gasteiger partial charge in [-0.3, -0.25) is 4.79 Å². The average molecular weight is 424 g/mol. The van der Waals surface area contributed by atoms with Gasteiger partial charge in [0.25, 0.3) is 0 Å². The van der Waals surface area contributed by atoms with Gasteiger partial charge in [-0.15, -0.1) is 23.7 Å². The van der Waals surface area contributed by atoms with E-state index in [0.717, 1.165) is 21.5 Å². The van der Waals surface area contributed by atoms with Gasteiger partial charge in [-0.25, -0.2) is 13.4 Å². The molecule has 1 fully saturated rings. The molecule has 2 heterocycles. The van der Waals surface area contributed by atoms with Gasteiger partial charge in [-0.2, -0.15) is 0 Å². The Morgan fingerprint density at radius 3 is 2.72 bits per heavy atom. The zero-order valence-electron chi connectivity index (χ0n) is 13.5. The topological polar surface area (TPSA) is 88.2 Å². The van der Waals surface area contributed by atoms with Gasteiger partial charge in [-0.1, -0.05) is 11.6 Å². The summed E-state index contributed by atoms with van der Waals surface area (Å²) in [6, 6.07) is 5.44. The number of hydrogen-bond donors (Lipinski definition) is 2. The van der Waals surface area contributed by atoms with Crippen LogP contribution in [0.1, 0.15) is 17.8 Å². The summed E-state index contributed by atoms with van der Waals surface area (Å²) in [5, 5.41) is 7.18. The highest BCUT2D eigenvalue weighted by atomic mass is 35.5. The van der Waals surface area contributed by atoms with Crippen molar-refractivity contribution in [3.8, 4) is 0 Å². The second kappa shape index (κ2) is 7.75. The monoisotopic (exact) mass is 423 g/mol. The van der Waals surface area contributed by atoms with Crippen molar-refractivity contribution in [2.45, 2.75) is 24.1 Å². The maximum atomic E-state index is 12.6. The van der Waals surface area contributed by atoms with Crippen molar-refractivity contribution in [1.29, 1.82) is 0 Å². The molecule has 25 heavy (non-hydrogen) atoms. The molecular formula is C15H19Cl2N3O3S2. The van der Waals surface area contributed by atoms with E-state index in [2.05, 4.69) is 15.6 Å². The minimum atomic E-state index is -3.51. The lowest BCUT2D eigenvalue weighted by Crippen LogP contribution is -2.57. The van der Waals surface area contributed by atoms with Gasteiger partial charge in [0.15, 0.2) is 14.6 Å². The minimum absolute atomic E-state index is 0. The molecule has 0 atom stereocenters. The summed E-state index contributed by atoms with van der Waals surface area (Å²) < 4.78 is 24.1. The Kier molecular flexibility index (Phi) is 6.32. The number of nitrogens with zero attached hydrogens (tertiary/aromatic N) is 1. The normalized spacial score (nSPS) is 17.0. The fourth-order valence-corrected chi connectivity index (χ4v) is 5.35. The number of amides is 1. The van der Waals surface area contributed by atoms with E-state index < -0.39 is 20.5 Å². The minimum Gasteiger partial charge on any atom is -0.348 e. The van der Waals surface area contributed by atoms with E-state index in [1.165, 1.54) is 11.3 Å². The molecule has 0 aliphatic carbocycles. The Hall–Kier alpha value is -0.930. The molecule has 138 valence electrons. The van der Waals surface area contributed by atoms with Gasteiger partial charge < -0.3 is 10.6 Å². The maximum Gasteiger partial charge on any atom is 0.241 e. The molecule has 1 aliphatic heterocycles.